The van der Waals surface area contributed by atoms with E-state index >= 15 is 0 Å². The molecule has 0 radical (unpaired) electrons. The fourth-order valence-corrected chi connectivity index (χ4v) is 1.29. The summed E-state index contributed by atoms with van der Waals surface area (Å²) in [6, 6.07) is 0.312. The van der Waals surface area contributed by atoms with Crippen molar-refractivity contribution in [3.8, 4) is 0 Å². The van der Waals surface area contributed by atoms with E-state index in [1.54, 1.807) is 0 Å². The molecule has 0 bridgehead atoms. The number of hydrogen-bond acceptors (Lipinski definition) is 5. The fourth-order valence-electron chi connectivity index (χ4n) is 1.29. The van der Waals surface area contributed by atoms with Gasteiger partial charge in [0.05, 0.1) is 0 Å². The summed E-state index contributed by atoms with van der Waals surface area (Å²) in [5.74, 6) is -1.87. The Labute approximate surface area is 102 Å². The lowest BCUT2D eigenvalue weighted by Crippen LogP contribution is -2.43. The number of amides is 1. The Morgan fingerprint density at radius 3 is 2.78 bits per heavy atom. The van der Waals surface area contributed by atoms with Crippen LogP contribution < -0.4 is 11.0 Å². The van der Waals surface area contributed by atoms with Crippen molar-refractivity contribution in [1.29, 1.82) is 0 Å². The molecule has 0 aromatic carbocycles. The first-order chi connectivity index (χ1) is 8.54. The maximum Gasteiger partial charge on any atom is 0.347 e. The molecule has 0 aliphatic heterocycles. The van der Waals surface area contributed by atoms with E-state index in [-0.39, 0.29) is 19.6 Å². The second-order valence-electron chi connectivity index (χ2n) is 3.50. The molecule has 1 unspecified atom stereocenters. The second-order valence-corrected chi connectivity index (χ2v) is 3.50. The molecule has 0 saturated heterocycles. The zero-order chi connectivity index (χ0) is 13.5. The smallest absolute Gasteiger partial charge is 0.347 e. The van der Waals surface area contributed by atoms with E-state index in [1.165, 1.54) is 18.5 Å². The number of aromatic nitrogens is 2. The Hall–Kier alpha value is -2.22. The van der Waals surface area contributed by atoms with Gasteiger partial charge in [-0.1, -0.05) is 0 Å². The summed E-state index contributed by atoms with van der Waals surface area (Å²) in [4.78, 5) is 36.9. The monoisotopic (exact) mass is 255 g/mol. The number of aliphatic hydroxyl groups excluding tert-OH is 1. The van der Waals surface area contributed by atoms with Gasteiger partial charge in [0.1, 0.15) is 12.6 Å². The predicted molar refractivity (Wildman–Crippen MR) is 59.8 cm³/mol. The van der Waals surface area contributed by atoms with Gasteiger partial charge in [-0.2, -0.15) is 0 Å². The van der Waals surface area contributed by atoms with Crippen LogP contribution in [0.25, 0.3) is 0 Å². The van der Waals surface area contributed by atoms with Gasteiger partial charge in [0.2, 0.25) is 5.91 Å². The van der Waals surface area contributed by atoms with Gasteiger partial charge in [0.15, 0.2) is 0 Å². The van der Waals surface area contributed by atoms with Crippen LogP contribution in [0.2, 0.25) is 0 Å². The molecule has 0 saturated carbocycles. The highest BCUT2D eigenvalue weighted by atomic mass is 16.4. The lowest BCUT2D eigenvalue weighted by molar-refractivity contribution is -0.142. The minimum atomic E-state index is -1.24. The Balaban J connectivity index is 2.63. The predicted octanol–water partition coefficient (Wildman–Crippen LogP) is -1.80. The van der Waals surface area contributed by atoms with Crippen LogP contribution in [0.3, 0.4) is 0 Å². The van der Waals surface area contributed by atoms with E-state index in [2.05, 4.69) is 10.3 Å². The summed E-state index contributed by atoms with van der Waals surface area (Å²) in [5, 5.41) is 19.6. The van der Waals surface area contributed by atoms with E-state index < -0.39 is 23.6 Å². The van der Waals surface area contributed by atoms with Crippen LogP contribution in [0.1, 0.15) is 6.42 Å². The molecule has 1 aromatic rings. The molecule has 18 heavy (non-hydrogen) atoms. The molecule has 0 aliphatic rings. The number of carboxylic acids is 1. The standard InChI is InChI=1S/C10H13N3O5/c14-5-2-7(9(16)17)12-8(15)6-13-4-1-3-11-10(13)18/h1,3-4,7,14H,2,5-6H2,(H,12,15)(H,16,17). The lowest BCUT2D eigenvalue weighted by Gasteiger charge is -2.13. The van der Waals surface area contributed by atoms with E-state index in [0.29, 0.717) is 0 Å². The molecule has 0 spiro atoms. The summed E-state index contributed by atoms with van der Waals surface area (Å²) in [6.07, 6.45) is 2.57. The van der Waals surface area contributed by atoms with Crippen LogP contribution >= 0.6 is 0 Å². The van der Waals surface area contributed by atoms with Crippen molar-refractivity contribution in [3.05, 3.63) is 28.9 Å². The molecule has 1 atom stereocenters. The van der Waals surface area contributed by atoms with Crippen LogP contribution in [0.4, 0.5) is 0 Å². The molecule has 1 heterocycles. The van der Waals surface area contributed by atoms with Crippen molar-refractivity contribution < 1.29 is 19.8 Å². The average molecular weight is 255 g/mol. The third kappa shape index (κ3) is 3.98. The normalized spacial score (nSPS) is 11.8. The minimum Gasteiger partial charge on any atom is -0.480 e. The van der Waals surface area contributed by atoms with Crippen molar-refractivity contribution >= 4 is 11.9 Å². The van der Waals surface area contributed by atoms with Crippen LogP contribution in [-0.2, 0) is 16.1 Å². The Morgan fingerprint density at radius 2 is 2.22 bits per heavy atom. The van der Waals surface area contributed by atoms with Gasteiger partial charge in [-0.05, 0) is 6.07 Å². The van der Waals surface area contributed by atoms with Crippen molar-refractivity contribution in [2.24, 2.45) is 0 Å². The molecule has 0 fully saturated rings. The Kier molecular flexibility index (Phi) is 5.00. The number of rotatable bonds is 6. The highest BCUT2D eigenvalue weighted by Gasteiger charge is 2.19. The molecular weight excluding hydrogens is 242 g/mol. The van der Waals surface area contributed by atoms with E-state index in [9.17, 15) is 14.4 Å². The number of aliphatic hydroxyl groups is 1. The lowest BCUT2D eigenvalue weighted by atomic mass is 10.2. The number of carbonyl (C=O) groups excluding carboxylic acids is 1. The van der Waals surface area contributed by atoms with Crippen molar-refractivity contribution in [1.82, 2.24) is 14.9 Å². The maximum atomic E-state index is 11.5. The average Bonchev–Trinajstić information content (AvgIpc) is 2.31. The summed E-state index contributed by atoms with van der Waals surface area (Å²) in [7, 11) is 0. The topological polar surface area (TPSA) is 122 Å². The maximum absolute atomic E-state index is 11.5. The number of carboxylic acid groups (broad SMARTS) is 1. The van der Waals surface area contributed by atoms with Crippen LogP contribution in [-0.4, -0.2) is 44.3 Å². The van der Waals surface area contributed by atoms with Crippen molar-refractivity contribution in [3.63, 3.8) is 0 Å². The van der Waals surface area contributed by atoms with E-state index in [0.717, 1.165) is 4.57 Å². The molecule has 0 aliphatic carbocycles. The van der Waals surface area contributed by atoms with Gasteiger partial charge in [0, 0.05) is 25.4 Å². The summed E-state index contributed by atoms with van der Waals surface area (Å²) in [6.45, 7) is -0.675. The molecule has 1 aromatic heterocycles. The van der Waals surface area contributed by atoms with Crippen molar-refractivity contribution in [2.75, 3.05) is 6.61 Å². The summed E-state index contributed by atoms with van der Waals surface area (Å²) in [5.41, 5.74) is -0.596. The highest BCUT2D eigenvalue weighted by molar-refractivity contribution is 5.83. The molecule has 8 nitrogen and oxygen atoms in total. The Morgan fingerprint density at radius 1 is 1.50 bits per heavy atom. The molecule has 1 amide bonds. The Bertz CT molecular complexity index is 484. The second kappa shape index (κ2) is 6.50. The fraction of sp³-hybridized carbons (Fsp3) is 0.400. The van der Waals surface area contributed by atoms with Crippen LogP contribution in [0, 0.1) is 0 Å². The first-order valence-corrected chi connectivity index (χ1v) is 5.19. The largest absolute Gasteiger partial charge is 0.480 e. The molecule has 1 rings (SSSR count). The van der Waals surface area contributed by atoms with E-state index in [4.69, 9.17) is 10.2 Å². The number of nitrogens with one attached hydrogen (secondary N) is 1. The molecule has 98 valence electrons. The zero-order valence-electron chi connectivity index (χ0n) is 9.44. The number of nitrogens with zero attached hydrogens (tertiary/aromatic N) is 2. The third-order valence-corrected chi connectivity index (χ3v) is 2.15. The first kappa shape index (κ1) is 13.8. The van der Waals surface area contributed by atoms with E-state index in [1.807, 2.05) is 0 Å². The van der Waals surface area contributed by atoms with Gasteiger partial charge in [-0.3, -0.25) is 9.36 Å². The number of aliphatic carboxylic acids is 1. The number of hydrogen-bond donors (Lipinski definition) is 3. The first-order valence-electron chi connectivity index (χ1n) is 5.19. The van der Waals surface area contributed by atoms with Gasteiger partial charge in [0.25, 0.3) is 0 Å². The van der Waals surface area contributed by atoms with Crippen LogP contribution in [0.15, 0.2) is 23.3 Å². The van der Waals surface area contributed by atoms with Crippen molar-refractivity contribution in [2.45, 2.75) is 19.0 Å². The van der Waals surface area contributed by atoms with Gasteiger partial charge >= 0.3 is 11.7 Å². The van der Waals surface area contributed by atoms with Gasteiger partial charge in [-0.15, -0.1) is 0 Å². The minimum absolute atomic E-state index is 0.0942. The summed E-state index contributed by atoms with van der Waals surface area (Å²) < 4.78 is 1.05. The number of carbonyl (C=O) groups is 2. The third-order valence-electron chi connectivity index (χ3n) is 2.15. The van der Waals surface area contributed by atoms with Gasteiger partial charge < -0.3 is 15.5 Å². The molecule has 3 N–H and O–H groups in total. The molecular formula is C10H13N3O5. The van der Waals surface area contributed by atoms with Crippen LogP contribution in [0.5, 0.6) is 0 Å². The quantitative estimate of drug-likeness (QED) is 0.551. The van der Waals surface area contributed by atoms with Gasteiger partial charge in [-0.25, -0.2) is 14.6 Å². The highest BCUT2D eigenvalue weighted by Crippen LogP contribution is 1.92. The SMILES string of the molecule is O=C(Cn1cccnc1=O)NC(CCO)C(=O)O. The molecule has 8 heteroatoms. The zero-order valence-corrected chi connectivity index (χ0v) is 9.44. The summed E-state index contributed by atoms with van der Waals surface area (Å²) >= 11 is 0.